The molecule has 0 atom stereocenters. The summed E-state index contributed by atoms with van der Waals surface area (Å²) in [7, 11) is -3.71. The predicted octanol–water partition coefficient (Wildman–Crippen LogP) is 0.870. The van der Waals surface area contributed by atoms with Crippen LogP contribution in [-0.2, 0) is 10.0 Å². The van der Waals surface area contributed by atoms with Crippen LogP contribution in [0.15, 0.2) is 22.9 Å². The van der Waals surface area contributed by atoms with Gasteiger partial charge in [-0.15, -0.1) is 11.3 Å². The lowest BCUT2D eigenvalue weighted by Crippen LogP contribution is -2.13. The fourth-order valence-corrected chi connectivity index (χ4v) is 2.95. The molecule has 0 fully saturated rings. The maximum atomic E-state index is 11.7. The molecule has 0 spiro atoms. The fraction of sp³-hybridized carbons (Fsp3) is 0.125. The van der Waals surface area contributed by atoms with E-state index >= 15 is 0 Å². The van der Waals surface area contributed by atoms with Crippen molar-refractivity contribution in [2.45, 2.75) is 11.9 Å². The Balaban J connectivity index is 2.24. The summed E-state index contributed by atoms with van der Waals surface area (Å²) in [5, 5.41) is 1.58. The molecule has 17 heavy (non-hydrogen) atoms. The van der Waals surface area contributed by atoms with Crippen LogP contribution in [0.2, 0.25) is 0 Å². The molecule has 0 amide bonds. The molecule has 0 aromatic carbocycles. The van der Waals surface area contributed by atoms with Gasteiger partial charge in [-0.2, -0.15) is 8.42 Å². The number of carbonyl (C=O) groups is 1. The third-order valence-electron chi connectivity index (χ3n) is 1.85. The zero-order valence-corrected chi connectivity index (χ0v) is 10.3. The minimum absolute atomic E-state index is 0.0583. The van der Waals surface area contributed by atoms with Gasteiger partial charge in [-0.1, -0.05) is 0 Å². The van der Waals surface area contributed by atoms with Crippen LogP contribution in [0, 0.1) is 0 Å². The van der Waals surface area contributed by atoms with E-state index in [9.17, 15) is 13.2 Å². The van der Waals surface area contributed by atoms with Gasteiger partial charge in [0.15, 0.2) is 15.9 Å². The molecular weight excluding hydrogens is 264 g/mol. The van der Waals surface area contributed by atoms with E-state index in [2.05, 4.69) is 19.7 Å². The molecule has 0 saturated heterocycles. The molecule has 90 valence electrons. The highest BCUT2D eigenvalue weighted by molar-refractivity contribution is 7.92. The first-order valence-electron chi connectivity index (χ1n) is 4.47. The van der Waals surface area contributed by atoms with Crippen LogP contribution in [0.1, 0.15) is 17.4 Å². The van der Waals surface area contributed by atoms with Crippen LogP contribution in [0.25, 0.3) is 0 Å². The molecule has 0 bridgehead atoms. The lowest BCUT2D eigenvalue weighted by Gasteiger charge is -2.00. The van der Waals surface area contributed by atoms with Gasteiger partial charge in [0.2, 0.25) is 0 Å². The second kappa shape index (κ2) is 4.26. The summed E-state index contributed by atoms with van der Waals surface area (Å²) >= 11 is 1.05. The molecule has 2 aromatic rings. The minimum atomic E-state index is -3.71. The fourth-order valence-electron chi connectivity index (χ4n) is 1.04. The van der Waals surface area contributed by atoms with Gasteiger partial charge in [-0.05, 0) is 0 Å². The number of sulfonamides is 1. The quantitative estimate of drug-likeness (QED) is 0.803. The molecule has 7 nitrogen and oxygen atoms in total. The Hall–Kier alpha value is -1.74. The van der Waals surface area contributed by atoms with Crippen molar-refractivity contribution in [3.8, 4) is 0 Å². The number of hydrogen-bond acceptors (Lipinski definition) is 6. The van der Waals surface area contributed by atoms with E-state index in [-0.39, 0.29) is 21.6 Å². The number of hydrogen-bond donors (Lipinski definition) is 2. The van der Waals surface area contributed by atoms with E-state index < -0.39 is 10.0 Å². The summed E-state index contributed by atoms with van der Waals surface area (Å²) in [5.74, 6) is -0.215. The molecule has 2 N–H and O–H groups in total. The Morgan fingerprint density at radius 1 is 1.53 bits per heavy atom. The first-order chi connectivity index (χ1) is 7.99. The van der Waals surface area contributed by atoms with Gasteiger partial charge in [0, 0.05) is 12.3 Å². The van der Waals surface area contributed by atoms with E-state index in [0.717, 1.165) is 11.3 Å². The number of H-pyrrole nitrogens is 1. The molecular formula is C8H8N4O3S2. The molecule has 0 aliphatic heterocycles. The summed E-state index contributed by atoms with van der Waals surface area (Å²) in [6.45, 7) is 1.36. The topological polar surface area (TPSA) is 105 Å². The molecule has 2 rings (SSSR count). The van der Waals surface area contributed by atoms with Crippen molar-refractivity contribution in [1.82, 2.24) is 15.0 Å². The molecule has 2 aromatic heterocycles. The van der Waals surface area contributed by atoms with Crippen LogP contribution in [-0.4, -0.2) is 29.2 Å². The van der Waals surface area contributed by atoms with Crippen LogP contribution >= 0.6 is 11.3 Å². The largest absolute Gasteiger partial charge is 0.334 e. The number of carbonyl (C=O) groups excluding carboxylic acids is 1. The molecule has 0 aliphatic rings. The van der Waals surface area contributed by atoms with E-state index in [0.29, 0.717) is 0 Å². The van der Waals surface area contributed by atoms with Crippen molar-refractivity contribution >= 4 is 32.3 Å². The number of thiazole rings is 1. The Labute approximate surface area is 101 Å². The third-order valence-corrected chi connectivity index (χ3v) is 4.00. The summed E-state index contributed by atoms with van der Waals surface area (Å²) in [6, 6.07) is 0. The number of rotatable bonds is 4. The molecule has 0 saturated carbocycles. The zero-order valence-electron chi connectivity index (χ0n) is 8.67. The normalized spacial score (nSPS) is 11.4. The van der Waals surface area contributed by atoms with E-state index in [1.54, 1.807) is 0 Å². The lowest BCUT2D eigenvalue weighted by molar-refractivity contribution is 0.101. The number of ketones is 1. The first kappa shape index (κ1) is 11.7. The van der Waals surface area contributed by atoms with Gasteiger partial charge in [-0.3, -0.25) is 9.52 Å². The Bertz CT molecular complexity index is 630. The monoisotopic (exact) mass is 272 g/mol. The third kappa shape index (κ3) is 2.50. The van der Waals surface area contributed by atoms with E-state index in [1.807, 2.05) is 0 Å². The summed E-state index contributed by atoms with van der Waals surface area (Å²) in [6.07, 6.45) is 2.44. The zero-order chi connectivity index (χ0) is 12.5. The number of anilines is 1. The van der Waals surface area contributed by atoms with Crippen LogP contribution in [0.4, 0.5) is 5.13 Å². The molecule has 0 radical (unpaired) electrons. The lowest BCUT2D eigenvalue weighted by atomic mass is 10.4. The van der Waals surface area contributed by atoms with Crippen molar-refractivity contribution in [2.75, 3.05) is 4.72 Å². The van der Waals surface area contributed by atoms with Crippen molar-refractivity contribution in [1.29, 1.82) is 0 Å². The molecule has 2 heterocycles. The van der Waals surface area contributed by atoms with Crippen LogP contribution < -0.4 is 4.72 Å². The molecule has 0 unspecified atom stereocenters. The number of aromatic amines is 1. The second-order valence-electron chi connectivity index (χ2n) is 3.12. The first-order valence-corrected chi connectivity index (χ1v) is 6.83. The Morgan fingerprint density at radius 3 is 2.82 bits per heavy atom. The highest BCUT2D eigenvalue weighted by Crippen LogP contribution is 2.19. The maximum Gasteiger partial charge on any atom is 0.280 e. The summed E-state index contributed by atoms with van der Waals surface area (Å²) in [4.78, 5) is 20.9. The van der Waals surface area contributed by atoms with Crippen LogP contribution in [0.5, 0.6) is 0 Å². The van der Waals surface area contributed by atoms with Gasteiger partial charge >= 0.3 is 0 Å². The Kier molecular flexibility index (Phi) is 2.94. The highest BCUT2D eigenvalue weighted by Gasteiger charge is 2.17. The van der Waals surface area contributed by atoms with Crippen molar-refractivity contribution < 1.29 is 13.2 Å². The standard InChI is InChI=1S/C8H8N4O3S2/c1-5(13)6-3-16-8(11-6)12-17(14,15)7-2-9-4-10-7/h2-4H,1H3,(H,9,10)(H,11,12). The predicted molar refractivity (Wildman–Crippen MR) is 61.5 cm³/mol. The van der Waals surface area contributed by atoms with Gasteiger partial charge in [-0.25, -0.2) is 9.97 Å². The van der Waals surface area contributed by atoms with Gasteiger partial charge in [0.05, 0.1) is 12.5 Å². The van der Waals surface area contributed by atoms with E-state index in [1.165, 1.54) is 24.8 Å². The van der Waals surface area contributed by atoms with Gasteiger partial charge in [0.1, 0.15) is 5.69 Å². The second-order valence-corrected chi connectivity index (χ2v) is 5.62. The highest BCUT2D eigenvalue weighted by atomic mass is 32.2. The minimum Gasteiger partial charge on any atom is -0.334 e. The number of imidazole rings is 1. The van der Waals surface area contributed by atoms with E-state index in [4.69, 9.17) is 0 Å². The number of nitrogens with zero attached hydrogens (tertiary/aromatic N) is 2. The maximum absolute atomic E-state index is 11.7. The van der Waals surface area contributed by atoms with Crippen molar-refractivity contribution in [2.24, 2.45) is 0 Å². The number of nitrogens with one attached hydrogen (secondary N) is 2. The van der Waals surface area contributed by atoms with Crippen molar-refractivity contribution in [3.63, 3.8) is 0 Å². The smallest absolute Gasteiger partial charge is 0.280 e. The SMILES string of the molecule is CC(=O)c1csc(NS(=O)(=O)c2cnc[nH]2)n1. The number of aromatic nitrogens is 3. The Morgan fingerprint density at radius 2 is 2.29 bits per heavy atom. The average Bonchev–Trinajstić information content (AvgIpc) is 2.85. The van der Waals surface area contributed by atoms with Gasteiger partial charge in [0.25, 0.3) is 10.0 Å². The average molecular weight is 272 g/mol. The van der Waals surface area contributed by atoms with Crippen LogP contribution in [0.3, 0.4) is 0 Å². The van der Waals surface area contributed by atoms with Crippen molar-refractivity contribution in [3.05, 3.63) is 23.6 Å². The number of Topliss-reactive ketones (excluding diaryl/α,β-unsaturated/α-hetero) is 1. The van der Waals surface area contributed by atoms with Gasteiger partial charge < -0.3 is 4.98 Å². The molecule has 9 heteroatoms. The summed E-state index contributed by atoms with van der Waals surface area (Å²) in [5.41, 5.74) is 0.234. The molecule has 0 aliphatic carbocycles. The summed E-state index contributed by atoms with van der Waals surface area (Å²) < 4.78 is 25.7.